The fourth-order valence-corrected chi connectivity index (χ4v) is 3.22. The first-order chi connectivity index (χ1) is 11.0. The van der Waals surface area contributed by atoms with Gasteiger partial charge in [0.25, 0.3) is 5.91 Å². The van der Waals surface area contributed by atoms with Crippen molar-refractivity contribution in [3.63, 3.8) is 0 Å². The third kappa shape index (κ3) is 2.92. The van der Waals surface area contributed by atoms with Gasteiger partial charge in [-0.05, 0) is 17.7 Å². The van der Waals surface area contributed by atoms with Crippen LogP contribution in [0.4, 0.5) is 5.69 Å². The van der Waals surface area contributed by atoms with Crippen LogP contribution in [-0.2, 0) is 16.1 Å². The molecule has 0 aliphatic carbocycles. The van der Waals surface area contributed by atoms with Crippen molar-refractivity contribution in [2.45, 2.75) is 19.5 Å². The highest BCUT2D eigenvalue weighted by Crippen LogP contribution is 2.42. The standard InChI is InChI=1S/C17H14Cl2N2O2/c1-10(22)20-15-12-6-4-8-14(19)16(12)21(17(15)23)9-11-5-2-3-7-13(11)18/h2-8,15H,9H2,1H3,(H,20,22)/t15-/m0/s1. The molecule has 1 atom stereocenters. The smallest absolute Gasteiger partial charge is 0.254 e. The second-order valence-electron chi connectivity index (χ2n) is 5.33. The number of hydrogen-bond donors (Lipinski definition) is 1. The highest BCUT2D eigenvalue weighted by Gasteiger charge is 2.39. The number of nitrogens with one attached hydrogen (secondary N) is 1. The van der Waals surface area contributed by atoms with E-state index >= 15 is 0 Å². The van der Waals surface area contributed by atoms with Crippen molar-refractivity contribution in [1.82, 2.24) is 5.32 Å². The van der Waals surface area contributed by atoms with Gasteiger partial charge < -0.3 is 10.2 Å². The normalized spacial score (nSPS) is 16.4. The average molecular weight is 349 g/mol. The topological polar surface area (TPSA) is 49.4 Å². The molecule has 1 N–H and O–H groups in total. The lowest BCUT2D eigenvalue weighted by Crippen LogP contribution is -2.36. The van der Waals surface area contributed by atoms with E-state index in [9.17, 15) is 9.59 Å². The molecule has 1 aliphatic rings. The van der Waals surface area contributed by atoms with Crippen molar-refractivity contribution in [1.29, 1.82) is 0 Å². The summed E-state index contributed by atoms with van der Waals surface area (Å²) >= 11 is 12.5. The zero-order chi connectivity index (χ0) is 16.6. The van der Waals surface area contributed by atoms with E-state index in [-0.39, 0.29) is 11.8 Å². The van der Waals surface area contributed by atoms with E-state index in [2.05, 4.69) is 5.32 Å². The average Bonchev–Trinajstić information content (AvgIpc) is 2.76. The fourth-order valence-electron chi connectivity index (χ4n) is 2.75. The molecule has 2 amide bonds. The Balaban J connectivity index is 2.03. The number of para-hydroxylation sites is 1. The maximum absolute atomic E-state index is 12.8. The molecule has 0 unspecified atom stereocenters. The Morgan fingerprint density at radius 3 is 2.52 bits per heavy atom. The summed E-state index contributed by atoms with van der Waals surface area (Å²) in [5.74, 6) is -0.489. The lowest BCUT2D eigenvalue weighted by molar-refractivity contribution is -0.126. The third-order valence-electron chi connectivity index (χ3n) is 3.75. The van der Waals surface area contributed by atoms with Crippen LogP contribution in [0.3, 0.4) is 0 Å². The SMILES string of the molecule is CC(=O)N[C@@H]1C(=O)N(Cc2ccccc2Cl)c2c(Cl)cccc21. The number of amides is 2. The molecule has 6 heteroatoms. The Hall–Kier alpha value is -2.04. The minimum absolute atomic E-state index is 0.219. The molecular weight excluding hydrogens is 335 g/mol. The number of benzene rings is 2. The summed E-state index contributed by atoms with van der Waals surface area (Å²) in [7, 11) is 0. The van der Waals surface area contributed by atoms with Gasteiger partial charge in [0.05, 0.1) is 17.3 Å². The monoisotopic (exact) mass is 348 g/mol. The summed E-state index contributed by atoms with van der Waals surface area (Å²) in [5.41, 5.74) is 2.14. The van der Waals surface area contributed by atoms with E-state index in [1.54, 1.807) is 29.2 Å². The number of carbonyl (C=O) groups is 2. The van der Waals surface area contributed by atoms with Crippen molar-refractivity contribution >= 4 is 40.7 Å². The molecule has 0 bridgehead atoms. The first-order valence-electron chi connectivity index (χ1n) is 7.09. The van der Waals surface area contributed by atoms with Gasteiger partial charge in [-0.15, -0.1) is 0 Å². The molecule has 23 heavy (non-hydrogen) atoms. The minimum Gasteiger partial charge on any atom is -0.341 e. The summed E-state index contributed by atoms with van der Waals surface area (Å²) in [6.07, 6.45) is 0. The van der Waals surface area contributed by atoms with Crippen LogP contribution >= 0.6 is 23.2 Å². The lowest BCUT2D eigenvalue weighted by Gasteiger charge is -2.19. The van der Waals surface area contributed by atoms with E-state index in [1.807, 2.05) is 18.2 Å². The number of rotatable bonds is 3. The van der Waals surface area contributed by atoms with Crippen molar-refractivity contribution in [2.24, 2.45) is 0 Å². The molecule has 3 rings (SSSR count). The summed E-state index contributed by atoms with van der Waals surface area (Å²) in [5, 5.41) is 3.73. The van der Waals surface area contributed by atoms with Crippen LogP contribution in [0.5, 0.6) is 0 Å². The van der Waals surface area contributed by atoms with Gasteiger partial charge in [0.2, 0.25) is 5.91 Å². The van der Waals surface area contributed by atoms with E-state index in [1.165, 1.54) is 6.92 Å². The van der Waals surface area contributed by atoms with Gasteiger partial charge in [-0.2, -0.15) is 0 Å². The number of carbonyl (C=O) groups excluding carboxylic acids is 2. The predicted molar refractivity (Wildman–Crippen MR) is 90.7 cm³/mol. The Labute approximate surface area is 144 Å². The number of nitrogens with zero attached hydrogens (tertiary/aromatic N) is 1. The predicted octanol–water partition coefficient (Wildman–Crippen LogP) is 3.72. The maximum atomic E-state index is 12.8. The lowest BCUT2D eigenvalue weighted by atomic mass is 10.1. The highest BCUT2D eigenvalue weighted by molar-refractivity contribution is 6.35. The molecule has 118 valence electrons. The molecule has 0 radical (unpaired) electrons. The molecule has 0 saturated heterocycles. The zero-order valence-corrected chi connectivity index (χ0v) is 13.9. The highest BCUT2D eigenvalue weighted by atomic mass is 35.5. The van der Waals surface area contributed by atoms with Crippen molar-refractivity contribution in [3.8, 4) is 0 Å². The first-order valence-corrected chi connectivity index (χ1v) is 7.85. The summed E-state index contributed by atoms with van der Waals surface area (Å²) < 4.78 is 0. The molecule has 0 fully saturated rings. The molecule has 1 aliphatic heterocycles. The molecule has 0 aromatic heterocycles. The van der Waals surface area contributed by atoms with Gasteiger partial charge >= 0.3 is 0 Å². The summed E-state index contributed by atoms with van der Waals surface area (Å²) in [4.78, 5) is 25.8. The van der Waals surface area contributed by atoms with Crippen LogP contribution in [-0.4, -0.2) is 11.8 Å². The molecular formula is C17H14Cl2N2O2. The number of anilines is 1. The number of halogens is 2. The van der Waals surface area contributed by atoms with Crippen molar-refractivity contribution in [2.75, 3.05) is 4.90 Å². The van der Waals surface area contributed by atoms with Gasteiger partial charge in [0, 0.05) is 17.5 Å². The molecule has 4 nitrogen and oxygen atoms in total. The van der Waals surface area contributed by atoms with Crippen LogP contribution in [0.25, 0.3) is 0 Å². The van der Waals surface area contributed by atoms with Crippen LogP contribution in [0.1, 0.15) is 24.1 Å². The summed E-state index contributed by atoms with van der Waals surface area (Å²) in [6.45, 7) is 1.68. The van der Waals surface area contributed by atoms with Gasteiger partial charge in [0.1, 0.15) is 6.04 Å². The number of hydrogen-bond acceptors (Lipinski definition) is 2. The quantitative estimate of drug-likeness (QED) is 0.918. The maximum Gasteiger partial charge on any atom is 0.254 e. The molecule has 2 aromatic carbocycles. The summed E-state index contributed by atoms with van der Waals surface area (Å²) in [6, 6.07) is 11.9. The Bertz CT molecular complexity index is 792. The van der Waals surface area contributed by atoms with E-state index < -0.39 is 6.04 Å². The van der Waals surface area contributed by atoms with Crippen molar-refractivity contribution in [3.05, 3.63) is 63.6 Å². The second-order valence-corrected chi connectivity index (χ2v) is 6.14. The minimum atomic E-state index is -0.719. The van der Waals surface area contributed by atoms with Gasteiger partial charge in [-0.25, -0.2) is 0 Å². The van der Waals surface area contributed by atoms with Crippen molar-refractivity contribution < 1.29 is 9.59 Å². The van der Waals surface area contributed by atoms with Crippen LogP contribution in [0.15, 0.2) is 42.5 Å². The Morgan fingerprint density at radius 1 is 1.13 bits per heavy atom. The largest absolute Gasteiger partial charge is 0.341 e. The molecule has 1 heterocycles. The van der Waals surface area contributed by atoms with Gasteiger partial charge in [-0.1, -0.05) is 53.5 Å². The third-order valence-corrected chi connectivity index (χ3v) is 4.42. The van der Waals surface area contributed by atoms with Crippen LogP contribution < -0.4 is 10.2 Å². The van der Waals surface area contributed by atoms with E-state index in [0.29, 0.717) is 27.8 Å². The first kappa shape index (κ1) is 15.8. The second kappa shape index (κ2) is 6.22. The van der Waals surface area contributed by atoms with Gasteiger partial charge in [0.15, 0.2) is 0 Å². The Kier molecular flexibility index (Phi) is 4.28. The van der Waals surface area contributed by atoms with E-state index in [4.69, 9.17) is 23.2 Å². The molecule has 2 aromatic rings. The Morgan fingerprint density at radius 2 is 1.83 bits per heavy atom. The number of fused-ring (bicyclic) bond motifs is 1. The molecule has 0 saturated carbocycles. The van der Waals surface area contributed by atoms with E-state index in [0.717, 1.165) is 5.56 Å². The van der Waals surface area contributed by atoms with Crippen LogP contribution in [0, 0.1) is 0 Å². The fraction of sp³-hybridized carbons (Fsp3) is 0.176. The molecule has 0 spiro atoms. The van der Waals surface area contributed by atoms with Crippen LogP contribution in [0.2, 0.25) is 10.0 Å². The van der Waals surface area contributed by atoms with Gasteiger partial charge in [-0.3, -0.25) is 9.59 Å². The zero-order valence-electron chi connectivity index (χ0n) is 12.3.